The van der Waals surface area contributed by atoms with E-state index >= 15 is 0 Å². The van der Waals surface area contributed by atoms with Crippen LogP contribution in [0.3, 0.4) is 0 Å². The van der Waals surface area contributed by atoms with Gasteiger partial charge in [0.1, 0.15) is 17.3 Å². The number of rotatable bonds is 8. The molecule has 0 amide bonds. The van der Waals surface area contributed by atoms with E-state index in [0.717, 1.165) is 37.5 Å². The van der Waals surface area contributed by atoms with Crippen molar-refractivity contribution in [1.82, 2.24) is 0 Å². The van der Waals surface area contributed by atoms with Crippen LogP contribution in [-0.4, -0.2) is 35.2 Å². The minimum atomic E-state index is -0.729. The van der Waals surface area contributed by atoms with Gasteiger partial charge in [-0.3, -0.25) is 14.4 Å². The van der Waals surface area contributed by atoms with Gasteiger partial charge in [-0.2, -0.15) is 0 Å². The van der Waals surface area contributed by atoms with Crippen molar-refractivity contribution in [3.05, 3.63) is 0 Å². The molecule has 2 saturated heterocycles. The highest BCUT2D eigenvalue weighted by Crippen LogP contribution is 2.61. The van der Waals surface area contributed by atoms with Crippen LogP contribution in [0.25, 0.3) is 0 Å². The van der Waals surface area contributed by atoms with Gasteiger partial charge in [0.2, 0.25) is 0 Å². The molecule has 37 heavy (non-hydrogen) atoms. The van der Waals surface area contributed by atoms with E-state index in [4.69, 9.17) is 14.2 Å². The molecule has 6 nitrogen and oxygen atoms in total. The number of hydrogen-bond acceptors (Lipinski definition) is 6. The summed E-state index contributed by atoms with van der Waals surface area (Å²) < 4.78 is 18.5. The molecule has 8 fully saturated rings. The third kappa shape index (κ3) is 4.23. The molecule has 206 valence electrons. The smallest absolute Gasteiger partial charge is 0.312 e. The fourth-order valence-electron chi connectivity index (χ4n) is 10.0. The monoisotopic (exact) mass is 514 g/mol. The molecular formula is C31H46O6. The maximum Gasteiger partial charge on any atom is 0.312 e. The zero-order chi connectivity index (χ0) is 26.2. The lowest BCUT2D eigenvalue weighted by Crippen LogP contribution is -2.60. The Bertz CT molecular complexity index is 929. The SMILES string of the molecule is CCC(C)(CC(C)C(=O)OC12CC3CC(C1)OC(=O)C(C3)C2)C(=O)OC1(CC)C2CC3CC(C2)CC1C3. The van der Waals surface area contributed by atoms with Gasteiger partial charge in [-0.05, 0) is 107 Å². The molecule has 0 aromatic heterocycles. The molecule has 8 aliphatic rings. The van der Waals surface area contributed by atoms with E-state index in [1.165, 1.54) is 32.1 Å². The molecule has 6 unspecified atom stereocenters. The quantitative estimate of drug-likeness (QED) is 0.292. The van der Waals surface area contributed by atoms with Crippen molar-refractivity contribution in [2.24, 2.45) is 46.8 Å². The Balaban J connectivity index is 1.13. The summed E-state index contributed by atoms with van der Waals surface area (Å²) in [6, 6.07) is 0. The highest BCUT2D eigenvalue weighted by molar-refractivity contribution is 5.79. The summed E-state index contributed by atoms with van der Waals surface area (Å²) in [5.74, 6) is 1.94. The molecule has 2 aliphatic heterocycles. The molecule has 8 rings (SSSR count). The van der Waals surface area contributed by atoms with Crippen LogP contribution < -0.4 is 0 Å². The van der Waals surface area contributed by atoms with Crippen LogP contribution >= 0.6 is 0 Å². The van der Waals surface area contributed by atoms with Gasteiger partial charge < -0.3 is 14.2 Å². The lowest BCUT2D eigenvalue weighted by Gasteiger charge is -2.60. The molecule has 6 atom stereocenters. The van der Waals surface area contributed by atoms with E-state index < -0.39 is 16.9 Å². The lowest BCUT2D eigenvalue weighted by molar-refractivity contribution is -0.220. The second-order valence-electron chi connectivity index (χ2n) is 14.3. The van der Waals surface area contributed by atoms with Gasteiger partial charge in [-0.25, -0.2) is 0 Å². The van der Waals surface area contributed by atoms with Gasteiger partial charge in [0, 0.05) is 12.8 Å². The van der Waals surface area contributed by atoms with Crippen molar-refractivity contribution < 1.29 is 28.6 Å². The average molecular weight is 515 g/mol. The zero-order valence-corrected chi connectivity index (χ0v) is 23.3. The Kier molecular flexibility index (Phi) is 6.23. The van der Waals surface area contributed by atoms with Crippen molar-refractivity contribution in [3.63, 3.8) is 0 Å². The highest BCUT2D eigenvalue weighted by atomic mass is 16.6. The van der Waals surface area contributed by atoms with Crippen molar-refractivity contribution >= 4 is 17.9 Å². The second kappa shape index (κ2) is 8.98. The molecule has 2 heterocycles. The Labute approximate surface area is 221 Å². The molecule has 6 heteroatoms. The van der Waals surface area contributed by atoms with E-state index in [-0.39, 0.29) is 35.5 Å². The number of carbonyl (C=O) groups excluding carboxylic acids is 3. The summed E-state index contributed by atoms with van der Waals surface area (Å²) in [4.78, 5) is 39.7. The van der Waals surface area contributed by atoms with Crippen LogP contribution in [0.4, 0.5) is 0 Å². The first-order valence-corrected chi connectivity index (χ1v) is 15.2. The number of hydrogen-bond donors (Lipinski definition) is 0. The Morgan fingerprint density at radius 3 is 2.24 bits per heavy atom. The minimum Gasteiger partial charge on any atom is -0.462 e. The topological polar surface area (TPSA) is 78.9 Å². The van der Waals surface area contributed by atoms with Crippen LogP contribution in [0.15, 0.2) is 0 Å². The Hall–Kier alpha value is -1.59. The molecule has 6 saturated carbocycles. The maximum absolute atomic E-state index is 13.9. The van der Waals surface area contributed by atoms with E-state index in [9.17, 15) is 14.4 Å². The van der Waals surface area contributed by atoms with E-state index in [2.05, 4.69) is 6.92 Å². The van der Waals surface area contributed by atoms with Crippen LogP contribution in [0, 0.1) is 46.8 Å². The second-order valence-corrected chi connectivity index (χ2v) is 14.3. The first-order chi connectivity index (χ1) is 17.6. The first kappa shape index (κ1) is 25.7. The summed E-state index contributed by atoms with van der Waals surface area (Å²) in [7, 11) is 0. The summed E-state index contributed by atoms with van der Waals surface area (Å²) in [5.41, 5.74) is -1.65. The highest BCUT2D eigenvalue weighted by Gasteiger charge is 2.60. The maximum atomic E-state index is 13.9. The molecule has 8 bridgehead atoms. The van der Waals surface area contributed by atoms with Gasteiger partial charge in [0.05, 0.1) is 17.3 Å². The predicted molar refractivity (Wildman–Crippen MR) is 137 cm³/mol. The fraction of sp³-hybridized carbons (Fsp3) is 0.903. The third-order valence-electron chi connectivity index (χ3n) is 11.8. The standard InChI is InChI=1S/C31H46O6/c1-5-29(4,28(34)37-31(6-2)23-9-19-7-20(11-23)12-24(31)10-19)14-18(3)26(32)36-30-15-21-8-22(16-30)27(33)35-25(13-21)17-30/h18-25H,5-17H2,1-4H3. The zero-order valence-electron chi connectivity index (χ0n) is 23.3. The number of fused-ring (bicyclic) bond motifs is 1. The van der Waals surface area contributed by atoms with Crippen LogP contribution in [0.5, 0.6) is 0 Å². The summed E-state index contributed by atoms with van der Waals surface area (Å²) in [6.07, 6.45) is 11.8. The molecule has 0 aromatic carbocycles. The fourth-order valence-corrected chi connectivity index (χ4v) is 10.0. The molecule has 0 spiro atoms. The van der Waals surface area contributed by atoms with Crippen LogP contribution in [0.1, 0.15) is 111 Å². The minimum absolute atomic E-state index is 0.117. The van der Waals surface area contributed by atoms with Crippen LogP contribution in [0.2, 0.25) is 0 Å². The van der Waals surface area contributed by atoms with Crippen LogP contribution in [-0.2, 0) is 28.6 Å². The number of esters is 3. The van der Waals surface area contributed by atoms with Crippen molar-refractivity contribution in [2.45, 2.75) is 128 Å². The molecular weight excluding hydrogens is 468 g/mol. The normalized spacial score (nSPS) is 45.6. The van der Waals surface area contributed by atoms with Gasteiger partial charge in [-0.15, -0.1) is 0 Å². The van der Waals surface area contributed by atoms with Gasteiger partial charge in [0.15, 0.2) is 0 Å². The number of ether oxygens (including phenoxy) is 3. The number of carbonyl (C=O) groups is 3. The van der Waals surface area contributed by atoms with E-state index in [1.54, 1.807) is 0 Å². The van der Waals surface area contributed by atoms with Crippen molar-refractivity contribution in [3.8, 4) is 0 Å². The summed E-state index contributed by atoms with van der Waals surface area (Å²) in [5, 5.41) is 0. The van der Waals surface area contributed by atoms with E-state index in [1.807, 2.05) is 20.8 Å². The van der Waals surface area contributed by atoms with Crippen molar-refractivity contribution in [2.75, 3.05) is 0 Å². The predicted octanol–water partition coefficient (Wildman–Crippen LogP) is 5.99. The first-order valence-electron chi connectivity index (χ1n) is 15.2. The average Bonchev–Trinajstić information content (AvgIpc) is 3.00. The lowest BCUT2D eigenvalue weighted by atomic mass is 9.49. The largest absolute Gasteiger partial charge is 0.462 e. The molecule has 0 radical (unpaired) electrons. The summed E-state index contributed by atoms with van der Waals surface area (Å²) >= 11 is 0. The third-order valence-corrected chi connectivity index (χ3v) is 11.8. The van der Waals surface area contributed by atoms with Gasteiger partial charge >= 0.3 is 17.9 Å². The molecule has 6 aliphatic carbocycles. The summed E-state index contributed by atoms with van der Waals surface area (Å²) in [6.45, 7) is 8.08. The van der Waals surface area contributed by atoms with Gasteiger partial charge in [-0.1, -0.05) is 20.8 Å². The molecule has 0 N–H and O–H groups in total. The Morgan fingerprint density at radius 1 is 0.946 bits per heavy atom. The Morgan fingerprint density at radius 2 is 1.62 bits per heavy atom. The van der Waals surface area contributed by atoms with Gasteiger partial charge in [0.25, 0.3) is 0 Å². The van der Waals surface area contributed by atoms with E-state index in [0.29, 0.717) is 43.4 Å². The van der Waals surface area contributed by atoms with Crippen molar-refractivity contribution in [1.29, 1.82) is 0 Å². The molecule has 0 aromatic rings.